The smallest absolute Gasteiger partial charge is 0.251 e. The molecule has 0 unspecified atom stereocenters. The van der Waals surface area contributed by atoms with E-state index in [1.807, 2.05) is 36.4 Å². The molecule has 0 radical (unpaired) electrons. The molecular formula is C27H37N3O3. The van der Waals surface area contributed by atoms with E-state index in [0.717, 1.165) is 43.0 Å². The molecule has 3 N–H and O–H groups in total. The van der Waals surface area contributed by atoms with Gasteiger partial charge in [-0.1, -0.05) is 45.4 Å². The van der Waals surface area contributed by atoms with Gasteiger partial charge in [0.1, 0.15) is 5.75 Å². The summed E-state index contributed by atoms with van der Waals surface area (Å²) in [6.07, 6.45) is 10.5. The van der Waals surface area contributed by atoms with Gasteiger partial charge < -0.3 is 20.7 Å². The van der Waals surface area contributed by atoms with Gasteiger partial charge in [0.15, 0.2) is 0 Å². The van der Waals surface area contributed by atoms with Crippen LogP contribution in [0.5, 0.6) is 5.75 Å². The molecule has 1 saturated carbocycles. The molecule has 6 nitrogen and oxygen atoms in total. The number of carbonyl (C=O) groups is 2. The van der Waals surface area contributed by atoms with Crippen LogP contribution in [0.4, 0.5) is 11.4 Å². The fourth-order valence-corrected chi connectivity index (χ4v) is 4.00. The molecule has 1 fully saturated rings. The Bertz CT molecular complexity index is 859. The van der Waals surface area contributed by atoms with Crippen molar-refractivity contribution in [3.8, 4) is 5.75 Å². The predicted molar refractivity (Wildman–Crippen MR) is 134 cm³/mol. The topological polar surface area (TPSA) is 79.5 Å². The van der Waals surface area contributed by atoms with E-state index in [-0.39, 0.29) is 18.4 Å². The van der Waals surface area contributed by atoms with Crippen LogP contribution in [-0.2, 0) is 4.79 Å². The Morgan fingerprint density at radius 3 is 2.27 bits per heavy atom. The molecule has 6 heteroatoms. The summed E-state index contributed by atoms with van der Waals surface area (Å²) in [6, 6.07) is 15.0. The van der Waals surface area contributed by atoms with E-state index in [1.165, 1.54) is 38.5 Å². The van der Waals surface area contributed by atoms with Gasteiger partial charge in [-0.2, -0.15) is 0 Å². The second-order valence-electron chi connectivity index (χ2n) is 8.72. The SMILES string of the molecule is CCCCCCOc1ccc(NC(=O)CNc2ccc(C(=O)NC3CCCCC3)cc2)cc1. The molecule has 2 aromatic carbocycles. The number of hydrogen-bond donors (Lipinski definition) is 3. The van der Waals surface area contributed by atoms with E-state index in [4.69, 9.17) is 4.74 Å². The molecule has 0 atom stereocenters. The highest BCUT2D eigenvalue weighted by Gasteiger charge is 2.16. The normalized spacial score (nSPS) is 13.8. The maximum absolute atomic E-state index is 12.4. The van der Waals surface area contributed by atoms with Gasteiger partial charge in [0.25, 0.3) is 5.91 Å². The van der Waals surface area contributed by atoms with Gasteiger partial charge in [0.2, 0.25) is 5.91 Å². The van der Waals surface area contributed by atoms with Crippen LogP contribution in [0.25, 0.3) is 0 Å². The van der Waals surface area contributed by atoms with Crippen LogP contribution in [0.15, 0.2) is 48.5 Å². The molecule has 2 amide bonds. The third-order valence-corrected chi connectivity index (χ3v) is 5.95. The predicted octanol–water partition coefficient (Wildman–Crippen LogP) is 5.76. The number of hydrogen-bond acceptors (Lipinski definition) is 4. The number of ether oxygens (including phenoxy) is 1. The van der Waals surface area contributed by atoms with Gasteiger partial charge in [-0.3, -0.25) is 9.59 Å². The number of nitrogens with one attached hydrogen (secondary N) is 3. The molecule has 0 bridgehead atoms. The van der Waals surface area contributed by atoms with Gasteiger partial charge in [-0.05, 0) is 67.8 Å². The second-order valence-corrected chi connectivity index (χ2v) is 8.72. The Morgan fingerprint density at radius 1 is 0.879 bits per heavy atom. The van der Waals surface area contributed by atoms with Crippen molar-refractivity contribution < 1.29 is 14.3 Å². The molecule has 2 aromatic rings. The minimum atomic E-state index is -0.137. The van der Waals surface area contributed by atoms with Gasteiger partial charge in [0, 0.05) is 23.0 Å². The summed E-state index contributed by atoms with van der Waals surface area (Å²) in [4.78, 5) is 24.7. The first-order valence-corrected chi connectivity index (χ1v) is 12.3. The monoisotopic (exact) mass is 451 g/mol. The van der Waals surface area contributed by atoms with Gasteiger partial charge in [-0.25, -0.2) is 0 Å². The Morgan fingerprint density at radius 2 is 1.58 bits per heavy atom. The molecule has 0 spiro atoms. The zero-order valence-corrected chi connectivity index (χ0v) is 19.7. The fourth-order valence-electron chi connectivity index (χ4n) is 4.00. The lowest BCUT2D eigenvalue weighted by atomic mass is 9.95. The van der Waals surface area contributed by atoms with Crippen LogP contribution in [0.3, 0.4) is 0 Å². The summed E-state index contributed by atoms with van der Waals surface area (Å²) in [5, 5.41) is 9.10. The van der Waals surface area contributed by atoms with Crippen molar-refractivity contribution in [3.63, 3.8) is 0 Å². The molecule has 0 heterocycles. The maximum atomic E-state index is 12.4. The Kier molecular flexibility index (Phi) is 10.1. The minimum absolute atomic E-state index is 0.0282. The summed E-state index contributed by atoms with van der Waals surface area (Å²) >= 11 is 0. The van der Waals surface area contributed by atoms with Crippen molar-refractivity contribution in [3.05, 3.63) is 54.1 Å². The zero-order valence-electron chi connectivity index (χ0n) is 19.7. The molecule has 0 aliphatic heterocycles. The number of anilines is 2. The van der Waals surface area contributed by atoms with E-state index in [1.54, 1.807) is 12.1 Å². The van der Waals surface area contributed by atoms with E-state index in [2.05, 4.69) is 22.9 Å². The highest BCUT2D eigenvalue weighted by molar-refractivity contribution is 5.95. The van der Waals surface area contributed by atoms with Crippen molar-refractivity contribution in [1.29, 1.82) is 0 Å². The Labute approximate surface area is 197 Å². The quantitative estimate of drug-likeness (QED) is 0.359. The average Bonchev–Trinajstić information content (AvgIpc) is 2.84. The van der Waals surface area contributed by atoms with Crippen LogP contribution in [0.1, 0.15) is 75.1 Å². The highest BCUT2D eigenvalue weighted by Crippen LogP contribution is 2.19. The number of unbranched alkanes of at least 4 members (excludes halogenated alkanes) is 3. The lowest BCUT2D eigenvalue weighted by Gasteiger charge is -2.22. The van der Waals surface area contributed by atoms with Gasteiger partial charge in [-0.15, -0.1) is 0 Å². The lowest BCUT2D eigenvalue weighted by molar-refractivity contribution is -0.114. The summed E-state index contributed by atoms with van der Waals surface area (Å²) in [6.45, 7) is 3.05. The minimum Gasteiger partial charge on any atom is -0.494 e. The summed E-state index contributed by atoms with van der Waals surface area (Å²) in [5.74, 6) is 0.650. The molecule has 1 aliphatic rings. The van der Waals surface area contributed by atoms with Crippen molar-refractivity contribution in [2.45, 2.75) is 70.8 Å². The van der Waals surface area contributed by atoms with E-state index >= 15 is 0 Å². The Hall–Kier alpha value is -3.02. The number of benzene rings is 2. The third kappa shape index (κ3) is 8.79. The molecule has 33 heavy (non-hydrogen) atoms. The largest absolute Gasteiger partial charge is 0.494 e. The van der Waals surface area contributed by atoms with Crippen molar-refractivity contribution in [2.24, 2.45) is 0 Å². The molecule has 1 aliphatic carbocycles. The van der Waals surface area contributed by atoms with Crippen LogP contribution in [0.2, 0.25) is 0 Å². The van der Waals surface area contributed by atoms with E-state index < -0.39 is 0 Å². The van der Waals surface area contributed by atoms with Gasteiger partial charge >= 0.3 is 0 Å². The first kappa shape index (κ1) is 24.6. The summed E-state index contributed by atoms with van der Waals surface area (Å²) < 4.78 is 5.73. The van der Waals surface area contributed by atoms with Crippen LogP contribution >= 0.6 is 0 Å². The third-order valence-electron chi connectivity index (χ3n) is 5.95. The number of carbonyl (C=O) groups excluding carboxylic acids is 2. The van der Waals surface area contributed by atoms with Crippen molar-refractivity contribution >= 4 is 23.2 Å². The van der Waals surface area contributed by atoms with E-state index in [9.17, 15) is 9.59 Å². The van der Waals surface area contributed by atoms with Crippen molar-refractivity contribution in [2.75, 3.05) is 23.8 Å². The van der Waals surface area contributed by atoms with Gasteiger partial charge in [0.05, 0.1) is 13.2 Å². The molecule has 0 saturated heterocycles. The average molecular weight is 452 g/mol. The molecule has 3 rings (SSSR count). The standard InChI is InChI=1S/C27H37N3O3/c1-2-3-4-8-19-33-25-17-15-24(16-18-25)29-26(31)20-28-22-13-11-21(12-14-22)27(32)30-23-9-6-5-7-10-23/h11-18,23,28H,2-10,19-20H2,1H3,(H,29,31)(H,30,32). The lowest BCUT2D eigenvalue weighted by Crippen LogP contribution is -2.36. The highest BCUT2D eigenvalue weighted by atomic mass is 16.5. The van der Waals surface area contributed by atoms with Crippen LogP contribution in [-0.4, -0.2) is 31.0 Å². The number of amides is 2. The zero-order chi connectivity index (χ0) is 23.3. The fraction of sp³-hybridized carbons (Fsp3) is 0.481. The maximum Gasteiger partial charge on any atom is 0.251 e. The summed E-state index contributed by atoms with van der Waals surface area (Å²) in [5.41, 5.74) is 2.17. The number of rotatable bonds is 12. The first-order valence-electron chi connectivity index (χ1n) is 12.3. The molecular weight excluding hydrogens is 414 g/mol. The van der Waals surface area contributed by atoms with Crippen LogP contribution < -0.4 is 20.7 Å². The molecule has 0 aromatic heterocycles. The Balaban J connectivity index is 1.37. The first-order chi connectivity index (χ1) is 16.1. The van der Waals surface area contributed by atoms with Crippen molar-refractivity contribution in [1.82, 2.24) is 5.32 Å². The second kappa shape index (κ2) is 13.5. The van der Waals surface area contributed by atoms with Crippen LogP contribution in [0, 0.1) is 0 Å². The molecule has 178 valence electrons. The van der Waals surface area contributed by atoms with E-state index in [0.29, 0.717) is 11.6 Å². The summed E-state index contributed by atoms with van der Waals surface area (Å²) in [7, 11) is 0.